The van der Waals surface area contributed by atoms with E-state index < -0.39 is 0 Å². The molecule has 158 valence electrons. The minimum Gasteiger partial charge on any atom is -0.489 e. The van der Waals surface area contributed by atoms with Crippen molar-refractivity contribution in [2.45, 2.75) is 19.4 Å². The first-order chi connectivity index (χ1) is 15.2. The van der Waals surface area contributed by atoms with Gasteiger partial charge in [-0.2, -0.15) is 0 Å². The van der Waals surface area contributed by atoms with Crippen LogP contribution in [0.3, 0.4) is 0 Å². The molecule has 2 amide bonds. The topological polar surface area (TPSA) is 58.6 Å². The molecule has 4 rings (SSSR count). The summed E-state index contributed by atoms with van der Waals surface area (Å²) in [6.45, 7) is 1.66. The normalized spacial score (nSPS) is 14.1. The van der Waals surface area contributed by atoms with Crippen LogP contribution in [0.15, 0.2) is 84.9 Å². The van der Waals surface area contributed by atoms with Crippen molar-refractivity contribution in [2.75, 3.05) is 18.4 Å². The minimum atomic E-state index is -0.0713. The monoisotopic (exact) mass is 414 g/mol. The number of piperidine rings is 1. The highest BCUT2D eigenvalue weighted by Crippen LogP contribution is 2.22. The van der Waals surface area contributed by atoms with Crippen molar-refractivity contribution < 1.29 is 14.3 Å². The average molecular weight is 415 g/mol. The van der Waals surface area contributed by atoms with Gasteiger partial charge in [-0.1, -0.05) is 48.5 Å². The second-order valence-corrected chi connectivity index (χ2v) is 7.72. The number of hydrogen-bond donors (Lipinski definition) is 1. The van der Waals surface area contributed by atoms with E-state index in [1.165, 1.54) is 0 Å². The van der Waals surface area contributed by atoms with E-state index in [0.29, 0.717) is 38.1 Å². The van der Waals surface area contributed by atoms with E-state index in [-0.39, 0.29) is 17.7 Å². The molecule has 31 heavy (non-hydrogen) atoms. The molecule has 0 bridgehead atoms. The Bertz CT molecular complexity index is 996. The lowest BCUT2D eigenvalue weighted by Crippen LogP contribution is -2.41. The molecule has 1 N–H and O–H groups in total. The van der Waals surface area contributed by atoms with E-state index in [1.54, 1.807) is 12.1 Å². The van der Waals surface area contributed by atoms with Crippen molar-refractivity contribution in [3.05, 3.63) is 96.1 Å². The highest BCUT2D eigenvalue weighted by atomic mass is 16.5. The molecule has 0 aromatic heterocycles. The molecular formula is C26H26N2O3. The molecule has 1 fully saturated rings. The van der Waals surface area contributed by atoms with E-state index in [4.69, 9.17) is 4.74 Å². The molecule has 3 aromatic rings. The summed E-state index contributed by atoms with van der Waals surface area (Å²) in [5.41, 5.74) is 2.54. The van der Waals surface area contributed by atoms with Crippen molar-refractivity contribution >= 4 is 17.5 Å². The lowest BCUT2D eigenvalue weighted by Gasteiger charge is -2.31. The maximum Gasteiger partial charge on any atom is 0.253 e. The summed E-state index contributed by atoms with van der Waals surface area (Å²) < 4.78 is 5.79. The third-order valence-corrected chi connectivity index (χ3v) is 5.54. The molecule has 3 aromatic carbocycles. The third-order valence-electron chi connectivity index (χ3n) is 5.54. The quantitative estimate of drug-likeness (QED) is 0.633. The summed E-state index contributed by atoms with van der Waals surface area (Å²) in [5, 5.41) is 2.96. The lowest BCUT2D eigenvalue weighted by molar-refractivity contribution is -0.121. The van der Waals surface area contributed by atoms with Gasteiger partial charge in [-0.25, -0.2) is 0 Å². The van der Waals surface area contributed by atoms with Gasteiger partial charge in [0.2, 0.25) is 5.91 Å². The Labute approximate surface area is 182 Å². The van der Waals surface area contributed by atoms with Crippen LogP contribution in [0.2, 0.25) is 0 Å². The first-order valence-electron chi connectivity index (χ1n) is 10.6. The molecule has 5 heteroatoms. The lowest BCUT2D eigenvalue weighted by atomic mass is 9.95. The van der Waals surface area contributed by atoms with E-state index in [2.05, 4.69) is 5.32 Å². The summed E-state index contributed by atoms with van der Waals surface area (Å²) in [4.78, 5) is 27.2. The summed E-state index contributed by atoms with van der Waals surface area (Å²) >= 11 is 0. The van der Waals surface area contributed by atoms with E-state index in [1.807, 2.05) is 77.7 Å². The van der Waals surface area contributed by atoms with Crippen molar-refractivity contribution in [3.8, 4) is 5.75 Å². The molecule has 0 spiro atoms. The van der Waals surface area contributed by atoms with Gasteiger partial charge >= 0.3 is 0 Å². The fraction of sp³-hybridized carbons (Fsp3) is 0.231. The van der Waals surface area contributed by atoms with E-state index in [0.717, 1.165) is 17.0 Å². The van der Waals surface area contributed by atoms with Gasteiger partial charge in [-0.05, 0) is 54.8 Å². The fourth-order valence-corrected chi connectivity index (χ4v) is 3.73. The summed E-state index contributed by atoms with van der Waals surface area (Å²) in [6.07, 6.45) is 1.34. The summed E-state index contributed by atoms with van der Waals surface area (Å²) in [7, 11) is 0. The SMILES string of the molecule is O=C(Nc1ccccc1)C1CCN(C(=O)c2ccc(OCc3ccccc3)cc2)CC1. The van der Waals surface area contributed by atoms with Gasteiger partial charge in [0.1, 0.15) is 12.4 Å². The maximum atomic E-state index is 12.8. The van der Waals surface area contributed by atoms with Gasteiger partial charge in [-0.15, -0.1) is 0 Å². The van der Waals surface area contributed by atoms with Crippen LogP contribution in [-0.4, -0.2) is 29.8 Å². The van der Waals surface area contributed by atoms with Crippen molar-refractivity contribution in [2.24, 2.45) is 5.92 Å². The number of nitrogens with zero attached hydrogens (tertiary/aromatic N) is 1. The third kappa shape index (κ3) is 5.51. The zero-order valence-corrected chi connectivity index (χ0v) is 17.4. The minimum absolute atomic E-state index is 0.00322. The summed E-state index contributed by atoms with van der Waals surface area (Å²) in [5.74, 6) is 0.685. The number of benzene rings is 3. The Balaban J connectivity index is 1.27. The number of carbonyl (C=O) groups excluding carboxylic acids is 2. The highest BCUT2D eigenvalue weighted by molar-refractivity contribution is 5.95. The Morgan fingerprint density at radius 2 is 1.45 bits per heavy atom. The van der Waals surface area contributed by atoms with Crippen LogP contribution in [0.4, 0.5) is 5.69 Å². The zero-order chi connectivity index (χ0) is 21.5. The van der Waals surface area contributed by atoms with Gasteiger partial charge in [0.05, 0.1) is 0 Å². The second kappa shape index (κ2) is 9.94. The van der Waals surface area contributed by atoms with Crippen LogP contribution in [0, 0.1) is 5.92 Å². The van der Waals surface area contributed by atoms with Gasteiger partial charge in [-0.3, -0.25) is 9.59 Å². The van der Waals surface area contributed by atoms with Crippen LogP contribution in [0.25, 0.3) is 0 Å². The number of likely N-dealkylation sites (tertiary alicyclic amines) is 1. The van der Waals surface area contributed by atoms with Crippen LogP contribution in [-0.2, 0) is 11.4 Å². The Hall–Kier alpha value is -3.60. The predicted molar refractivity (Wildman–Crippen MR) is 121 cm³/mol. The predicted octanol–water partition coefficient (Wildman–Crippen LogP) is 4.76. The summed E-state index contributed by atoms with van der Waals surface area (Å²) in [6, 6.07) is 26.7. The molecular weight excluding hydrogens is 388 g/mol. The smallest absolute Gasteiger partial charge is 0.253 e. The van der Waals surface area contributed by atoms with Crippen LogP contribution in [0.5, 0.6) is 5.75 Å². The molecule has 1 saturated heterocycles. The van der Waals surface area contributed by atoms with Crippen LogP contribution >= 0.6 is 0 Å². The number of rotatable bonds is 6. The van der Waals surface area contributed by atoms with Crippen molar-refractivity contribution in [1.82, 2.24) is 4.90 Å². The first kappa shape index (κ1) is 20.7. The number of para-hydroxylation sites is 1. The number of anilines is 1. The highest BCUT2D eigenvalue weighted by Gasteiger charge is 2.27. The number of hydrogen-bond acceptors (Lipinski definition) is 3. The first-order valence-corrected chi connectivity index (χ1v) is 10.6. The van der Waals surface area contributed by atoms with Crippen LogP contribution < -0.4 is 10.1 Å². The van der Waals surface area contributed by atoms with Crippen molar-refractivity contribution in [3.63, 3.8) is 0 Å². The molecule has 1 heterocycles. The molecule has 1 aliphatic heterocycles. The molecule has 0 unspecified atom stereocenters. The van der Waals surface area contributed by atoms with Crippen LogP contribution in [0.1, 0.15) is 28.8 Å². The Morgan fingerprint density at radius 3 is 2.10 bits per heavy atom. The van der Waals surface area contributed by atoms with Gasteiger partial charge in [0.15, 0.2) is 0 Å². The molecule has 1 aliphatic rings. The zero-order valence-electron chi connectivity index (χ0n) is 17.4. The van der Waals surface area contributed by atoms with Gasteiger partial charge in [0, 0.05) is 30.3 Å². The maximum absolute atomic E-state index is 12.8. The number of nitrogens with one attached hydrogen (secondary N) is 1. The largest absolute Gasteiger partial charge is 0.489 e. The Kier molecular flexibility index (Phi) is 6.62. The fourth-order valence-electron chi connectivity index (χ4n) is 3.73. The molecule has 0 saturated carbocycles. The molecule has 0 radical (unpaired) electrons. The number of amides is 2. The molecule has 0 atom stereocenters. The van der Waals surface area contributed by atoms with Crippen molar-refractivity contribution in [1.29, 1.82) is 0 Å². The Morgan fingerprint density at radius 1 is 0.839 bits per heavy atom. The molecule has 5 nitrogen and oxygen atoms in total. The standard InChI is InChI=1S/C26H26N2O3/c29-25(27-23-9-5-2-6-10-23)21-15-17-28(18-16-21)26(30)22-11-13-24(14-12-22)31-19-20-7-3-1-4-8-20/h1-14,21H,15-19H2,(H,27,29). The van der Waals surface area contributed by atoms with E-state index >= 15 is 0 Å². The van der Waals surface area contributed by atoms with Gasteiger partial charge in [0.25, 0.3) is 5.91 Å². The second-order valence-electron chi connectivity index (χ2n) is 7.72. The average Bonchev–Trinajstić information content (AvgIpc) is 2.84. The van der Waals surface area contributed by atoms with E-state index in [9.17, 15) is 9.59 Å². The number of carbonyl (C=O) groups is 2. The number of ether oxygens (including phenoxy) is 1. The molecule has 0 aliphatic carbocycles. The van der Waals surface area contributed by atoms with Gasteiger partial charge < -0.3 is 15.0 Å².